The molecule has 0 saturated heterocycles. The monoisotopic (exact) mass is 374 g/mol. The van der Waals surface area contributed by atoms with Crippen LogP contribution in [-0.2, 0) is 27.8 Å². The number of nitrogens with one attached hydrogen (secondary N) is 1. The number of carbonyl (C=O) groups excluding carboxylic acids is 1. The van der Waals surface area contributed by atoms with Crippen LogP contribution in [0.15, 0.2) is 47.4 Å². The number of nitrogens with zero attached hydrogens (tertiary/aromatic N) is 1. The van der Waals surface area contributed by atoms with Crippen molar-refractivity contribution in [1.29, 1.82) is 0 Å². The number of halogens is 1. The molecule has 2 aromatic rings. The highest BCUT2D eigenvalue weighted by Gasteiger charge is 2.34. The summed E-state index contributed by atoms with van der Waals surface area (Å²) in [7, 11) is -3.79. The first kappa shape index (κ1) is 17.0. The summed E-state index contributed by atoms with van der Waals surface area (Å²) in [6, 6.07) is 10.1. The van der Waals surface area contributed by atoms with Gasteiger partial charge in [0.15, 0.2) is 0 Å². The van der Waals surface area contributed by atoms with E-state index in [2.05, 4.69) is 4.72 Å². The zero-order valence-corrected chi connectivity index (χ0v) is 14.9. The highest BCUT2D eigenvalue weighted by molar-refractivity contribution is 7.92. The number of benzene rings is 2. The summed E-state index contributed by atoms with van der Waals surface area (Å²) in [6.45, 7) is 1.22. The lowest BCUT2D eigenvalue weighted by Crippen LogP contribution is -2.36. The van der Waals surface area contributed by atoms with Gasteiger partial charge in [0.1, 0.15) is 5.82 Å². The van der Waals surface area contributed by atoms with E-state index in [-0.39, 0.29) is 16.7 Å². The zero-order valence-electron chi connectivity index (χ0n) is 14.1. The van der Waals surface area contributed by atoms with Gasteiger partial charge in [-0.1, -0.05) is 6.07 Å². The standard InChI is InChI=1S/C19H19FN2O3S/c20-16-4-7-18(8-5-16)26(24,25)21-17-6-3-13-9-10-22(12-15(13)11-17)19(23)14-1-2-14/h3-8,11,14,21H,1-2,9-10,12H2. The molecular weight excluding hydrogens is 355 g/mol. The first-order valence-electron chi connectivity index (χ1n) is 8.61. The maximum Gasteiger partial charge on any atom is 0.261 e. The van der Waals surface area contributed by atoms with Crippen LogP contribution in [0.1, 0.15) is 24.0 Å². The third kappa shape index (κ3) is 3.44. The third-order valence-electron chi connectivity index (χ3n) is 4.83. The largest absolute Gasteiger partial charge is 0.338 e. The van der Waals surface area contributed by atoms with E-state index < -0.39 is 15.8 Å². The van der Waals surface area contributed by atoms with Crippen LogP contribution in [0, 0.1) is 11.7 Å². The van der Waals surface area contributed by atoms with Crippen LogP contribution in [0.5, 0.6) is 0 Å². The number of sulfonamides is 1. The number of anilines is 1. The number of carbonyl (C=O) groups is 1. The quantitative estimate of drug-likeness (QED) is 0.895. The summed E-state index contributed by atoms with van der Waals surface area (Å²) >= 11 is 0. The van der Waals surface area contributed by atoms with Crippen molar-refractivity contribution in [3.63, 3.8) is 0 Å². The molecule has 1 amide bonds. The van der Waals surface area contributed by atoms with Crippen LogP contribution < -0.4 is 4.72 Å². The van der Waals surface area contributed by atoms with Crippen LogP contribution >= 0.6 is 0 Å². The summed E-state index contributed by atoms with van der Waals surface area (Å²) in [6.07, 6.45) is 2.72. The Labute approximate surface area is 151 Å². The third-order valence-corrected chi connectivity index (χ3v) is 6.23. The molecule has 0 unspecified atom stereocenters. The lowest BCUT2D eigenvalue weighted by molar-refractivity contribution is -0.133. The molecule has 26 heavy (non-hydrogen) atoms. The van der Waals surface area contributed by atoms with Gasteiger partial charge < -0.3 is 4.90 Å². The molecule has 2 aliphatic rings. The first-order chi connectivity index (χ1) is 12.4. The molecule has 0 aromatic heterocycles. The molecular formula is C19H19FN2O3S. The van der Waals surface area contributed by atoms with E-state index >= 15 is 0 Å². The predicted molar refractivity (Wildman–Crippen MR) is 95.5 cm³/mol. The van der Waals surface area contributed by atoms with E-state index in [1.807, 2.05) is 11.0 Å². The lowest BCUT2D eigenvalue weighted by Gasteiger charge is -2.29. The summed E-state index contributed by atoms with van der Waals surface area (Å²) in [5.41, 5.74) is 2.54. The van der Waals surface area contributed by atoms with Gasteiger partial charge in [0.2, 0.25) is 5.91 Å². The predicted octanol–water partition coefficient (Wildman–Crippen LogP) is 2.92. The Kier molecular flexibility index (Phi) is 4.19. The topological polar surface area (TPSA) is 66.5 Å². The van der Waals surface area contributed by atoms with Gasteiger partial charge in [-0.3, -0.25) is 9.52 Å². The van der Waals surface area contributed by atoms with Gasteiger partial charge >= 0.3 is 0 Å². The molecule has 1 N–H and O–H groups in total. The van der Waals surface area contributed by atoms with Crippen molar-refractivity contribution < 1.29 is 17.6 Å². The van der Waals surface area contributed by atoms with Gasteiger partial charge in [-0.15, -0.1) is 0 Å². The Morgan fingerprint density at radius 1 is 1.08 bits per heavy atom. The molecule has 0 spiro atoms. The molecule has 136 valence electrons. The first-order valence-corrected chi connectivity index (χ1v) is 10.1. The second kappa shape index (κ2) is 6.39. The van der Waals surface area contributed by atoms with Crippen molar-refractivity contribution in [1.82, 2.24) is 4.90 Å². The fourth-order valence-corrected chi connectivity index (χ4v) is 4.27. The van der Waals surface area contributed by atoms with Crippen molar-refractivity contribution in [3.05, 3.63) is 59.4 Å². The number of amides is 1. The van der Waals surface area contributed by atoms with Crippen molar-refractivity contribution in [2.24, 2.45) is 5.92 Å². The van der Waals surface area contributed by atoms with Gasteiger partial charge in [-0.25, -0.2) is 12.8 Å². The molecule has 1 heterocycles. The van der Waals surface area contributed by atoms with Gasteiger partial charge in [0.05, 0.1) is 4.90 Å². The number of rotatable bonds is 4. The maximum absolute atomic E-state index is 13.0. The Balaban J connectivity index is 1.54. The van der Waals surface area contributed by atoms with Crippen molar-refractivity contribution >= 4 is 21.6 Å². The summed E-state index contributed by atoms with van der Waals surface area (Å²) in [5, 5.41) is 0. The Morgan fingerprint density at radius 3 is 2.50 bits per heavy atom. The molecule has 2 aromatic carbocycles. The number of hydrogen-bond donors (Lipinski definition) is 1. The molecule has 1 saturated carbocycles. The smallest absolute Gasteiger partial charge is 0.261 e. The van der Waals surface area contributed by atoms with Gasteiger partial charge in [0.25, 0.3) is 10.0 Å². The molecule has 0 bridgehead atoms. The minimum atomic E-state index is -3.79. The second-order valence-corrected chi connectivity index (χ2v) is 8.51. The van der Waals surface area contributed by atoms with Crippen LogP contribution in [0.3, 0.4) is 0 Å². The molecule has 1 aliphatic heterocycles. The van der Waals surface area contributed by atoms with Gasteiger partial charge in [-0.2, -0.15) is 0 Å². The Morgan fingerprint density at radius 2 is 1.81 bits per heavy atom. The van der Waals surface area contributed by atoms with E-state index in [0.29, 0.717) is 18.8 Å². The Hall–Kier alpha value is -2.41. The SMILES string of the molecule is O=C(C1CC1)N1CCc2ccc(NS(=O)(=O)c3ccc(F)cc3)cc2C1. The Bertz CT molecular complexity index is 953. The average Bonchev–Trinajstić information content (AvgIpc) is 3.45. The summed E-state index contributed by atoms with van der Waals surface area (Å²) in [5.74, 6) is -0.109. The fraction of sp³-hybridized carbons (Fsp3) is 0.316. The van der Waals surface area contributed by atoms with Crippen molar-refractivity contribution in [2.75, 3.05) is 11.3 Å². The average molecular weight is 374 g/mol. The summed E-state index contributed by atoms with van der Waals surface area (Å²) in [4.78, 5) is 14.1. The molecule has 5 nitrogen and oxygen atoms in total. The van der Waals surface area contributed by atoms with E-state index in [0.717, 1.165) is 42.5 Å². The van der Waals surface area contributed by atoms with Gasteiger partial charge in [0, 0.05) is 24.7 Å². The normalized spacial score (nSPS) is 16.9. The van der Waals surface area contributed by atoms with Crippen LogP contribution in [0.4, 0.5) is 10.1 Å². The highest BCUT2D eigenvalue weighted by Crippen LogP contribution is 2.33. The molecule has 4 rings (SSSR count). The van der Waals surface area contributed by atoms with Crippen molar-refractivity contribution in [2.45, 2.75) is 30.7 Å². The van der Waals surface area contributed by atoms with E-state index in [4.69, 9.17) is 0 Å². The molecule has 1 fully saturated rings. The van der Waals surface area contributed by atoms with E-state index in [9.17, 15) is 17.6 Å². The zero-order chi connectivity index (χ0) is 18.3. The minimum Gasteiger partial charge on any atom is -0.338 e. The van der Waals surface area contributed by atoms with Crippen LogP contribution in [-0.4, -0.2) is 25.8 Å². The van der Waals surface area contributed by atoms with Crippen LogP contribution in [0.2, 0.25) is 0 Å². The van der Waals surface area contributed by atoms with Gasteiger partial charge in [-0.05, 0) is 66.8 Å². The number of fused-ring (bicyclic) bond motifs is 1. The van der Waals surface area contributed by atoms with E-state index in [1.54, 1.807) is 12.1 Å². The molecule has 1 aliphatic carbocycles. The fourth-order valence-electron chi connectivity index (χ4n) is 3.23. The van der Waals surface area contributed by atoms with Crippen LogP contribution in [0.25, 0.3) is 0 Å². The maximum atomic E-state index is 13.0. The van der Waals surface area contributed by atoms with Crippen molar-refractivity contribution in [3.8, 4) is 0 Å². The second-order valence-electron chi connectivity index (χ2n) is 6.83. The lowest BCUT2D eigenvalue weighted by atomic mass is 9.99. The minimum absolute atomic E-state index is 0.00200. The molecule has 7 heteroatoms. The highest BCUT2D eigenvalue weighted by atomic mass is 32.2. The summed E-state index contributed by atoms with van der Waals surface area (Å²) < 4.78 is 40.4. The number of hydrogen-bond acceptors (Lipinski definition) is 3. The molecule has 0 atom stereocenters. The molecule has 0 radical (unpaired) electrons. The van der Waals surface area contributed by atoms with E-state index in [1.165, 1.54) is 12.1 Å².